The van der Waals surface area contributed by atoms with Gasteiger partial charge in [-0.3, -0.25) is 9.59 Å². The fraction of sp³-hybridized carbons (Fsp3) is 0.250. The molecule has 0 heterocycles. The second-order valence-electron chi connectivity index (χ2n) is 10.6. The molecule has 39 heavy (non-hydrogen) atoms. The number of rotatable bonds is 9. The molecule has 202 valence electrons. The lowest BCUT2D eigenvalue weighted by Crippen LogP contribution is -2.46. The molecular formula is C32H34N2O4S. The fourth-order valence-corrected chi connectivity index (χ4v) is 5.34. The first-order valence-corrected chi connectivity index (χ1v) is 13.9. The van der Waals surface area contributed by atoms with Gasteiger partial charge in [-0.05, 0) is 73.5 Å². The van der Waals surface area contributed by atoms with Crippen molar-refractivity contribution in [1.82, 2.24) is 10.6 Å². The molecule has 2 amide bonds. The molecule has 0 spiro atoms. The molecule has 0 radical (unpaired) electrons. The average molecular weight is 543 g/mol. The molecule has 0 bridgehead atoms. The number of fused-ring (bicyclic) bond motifs is 1. The van der Waals surface area contributed by atoms with Crippen LogP contribution in [0.3, 0.4) is 0 Å². The number of carbonyl (C=O) groups is 2. The highest BCUT2D eigenvalue weighted by Gasteiger charge is 2.25. The Morgan fingerprint density at radius 2 is 1.56 bits per heavy atom. The zero-order chi connectivity index (χ0) is 28.0. The molecule has 4 aromatic carbocycles. The van der Waals surface area contributed by atoms with Gasteiger partial charge in [0.2, 0.25) is 0 Å². The van der Waals surface area contributed by atoms with Crippen LogP contribution in [0.2, 0.25) is 0 Å². The Hall–Kier alpha value is -3.81. The molecule has 0 aromatic heterocycles. The van der Waals surface area contributed by atoms with Crippen LogP contribution in [0.4, 0.5) is 0 Å². The lowest BCUT2D eigenvalue weighted by molar-refractivity contribution is 0.0849. The van der Waals surface area contributed by atoms with E-state index in [1.54, 1.807) is 24.3 Å². The van der Waals surface area contributed by atoms with Gasteiger partial charge in [0.1, 0.15) is 5.75 Å². The van der Waals surface area contributed by atoms with Crippen LogP contribution in [-0.4, -0.2) is 45.5 Å². The summed E-state index contributed by atoms with van der Waals surface area (Å²) in [6.45, 7) is 5.75. The van der Waals surface area contributed by atoms with E-state index in [2.05, 4.69) is 34.9 Å². The van der Waals surface area contributed by atoms with Crippen molar-refractivity contribution in [3.8, 4) is 5.75 Å². The Kier molecular flexibility index (Phi) is 8.94. The van der Waals surface area contributed by atoms with E-state index in [9.17, 15) is 19.8 Å². The fourth-order valence-electron chi connectivity index (χ4n) is 4.29. The normalized spacial score (nSPS) is 13.0. The Labute approximate surface area is 233 Å². The lowest BCUT2D eigenvalue weighted by atomic mass is 9.97. The zero-order valence-electron chi connectivity index (χ0n) is 22.3. The molecule has 0 aliphatic rings. The molecule has 0 saturated carbocycles. The third-order valence-corrected chi connectivity index (χ3v) is 7.33. The molecule has 2 unspecified atom stereocenters. The van der Waals surface area contributed by atoms with Gasteiger partial charge in [0.05, 0.1) is 12.1 Å². The van der Waals surface area contributed by atoms with E-state index >= 15 is 0 Å². The van der Waals surface area contributed by atoms with E-state index in [1.165, 1.54) is 23.9 Å². The second-order valence-corrected chi connectivity index (χ2v) is 11.7. The molecule has 0 aliphatic carbocycles. The van der Waals surface area contributed by atoms with Crippen LogP contribution in [0, 0.1) is 0 Å². The highest BCUT2D eigenvalue weighted by atomic mass is 32.2. The van der Waals surface area contributed by atoms with Crippen molar-refractivity contribution < 1.29 is 19.8 Å². The number of phenols is 1. The third kappa shape index (κ3) is 7.85. The van der Waals surface area contributed by atoms with E-state index in [-0.39, 0.29) is 18.1 Å². The summed E-state index contributed by atoms with van der Waals surface area (Å²) >= 11 is 1.54. The number of hydrogen-bond acceptors (Lipinski definition) is 5. The van der Waals surface area contributed by atoms with Crippen LogP contribution in [0.15, 0.2) is 95.9 Å². The quantitative estimate of drug-likeness (QED) is 0.207. The van der Waals surface area contributed by atoms with Crippen LogP contribution < -0.4 is 10.6 Å². The number of thioether (sulfide) groups is 1. The van der Waals surface area contributed by atoms with Gasteiger partial charge in [-0.1, -0.05) is 54.6 Å². The van der Waals surface area contributed by atoms with Crippen LogP contribution in [0.25, 0.3) is 10.8 Å². The average Bonchev–Trinajstić information content (AvgIpc) is 2.90. The number of amides is 2. The molecule has 2 atom stereocenters. The van der Waals surface area contributed by atoms with Gasteiger partial charge in [-0.25, -0.2) is 0 Å². The van der Waals surface area contributed by atoms with Crippen molar-refractivity contribution in [3.05, 3.63) is 108 Å². The highest BCUT2D eigenvalue weighted by Crippen LogP contribution is 2.26. The standard InChI is InChI=1S/C32H34N2O4S/c1-32(2,3)34-31(38)27-14-7-6-11-23(27)19-29(36)28(33-30(37)24-12-8-13-25(35)17-24)20-39-26-16-15-21-9-4-5-10-22(21)18-26/h4-18,28-29,35-36H,19-20H2,1-3H3,(H,33,37)(H,34,38). The number of aliphatic hydroxyl groups excluding tert-OH is 1. The molecule has 7 heteroatoms. The summed E-state index contributed by atoms with van der Waals surface area (Å²) in [4.78, 5) is 27.0. The van der Waals surface area contributed by atoms with E-state index in [0.29, 0.717) is 22.4 Å². The minimum Gasteiger partial charge on any atom is -0.508 e. The molecule has 0 aliphatic heterocycles. The molecule has 4 aromatic rings. The molecular weight excluding hydrogens is 508 g/mol. The SMILES string of the molecule is CC(C)(C)NC(=O)c1ccccc1CC(O)C(CSc1ccc2ccccc2c1)NC(=O)c1cccc(O)c1. The number of carbonyl (C=O) groups excluding carboxylic acids is 2. The first-order chi connectivity index (χ1) is 18.6. The number of nitrogens with one attached hydrogen (secondary N) is 2. The first-order valence-electron chi connectivity index (χ1n) is 12.9. The van der Waals surface area contributed by atoms with Crippen molar-refractivity contribution in [2.75, 3.05) is 5.75 Å². The second kappa shape index (κ2) is 12.4. The third-order valence-electron chi connectivity index (χ3n) is 6.22. The maximum Gasteiger partial charge on any atom is 0.251 e. The van der Waals surface area contributed by atoms with Gasteiger partial charge in [-0.15, -0.1) is 11.8 Å². The predicted molar refractivity (Wildman–Crippen MR) is 157 cm³/mol. The number of hydrogen-bond donors (Lipinski definition) is 4. The summed E-state index contributed by atoms with van der Waals surface area (Å²) in [6.07, 6.45) is -0.792. The smallest absolute Gasteiger partial charge is 0.251 e. The summed E-state index contributed by atoms with van der Waals surface area (Å²) in [5.41, 5.74) is 1.08. The van der Waals surface area contributed by atoms with Gasteiger partial charge >= 0.3 is 0 Å². The Bertz CT molecular complexity index is 1460. The largest absolute Gasteiger partial charge is 0.508 e. The van der Waals surface area contributed by atoms with Gasteiger partial charge < -0.3 is 20.8 Å². The van der Waals surface area contributed by atoms with Crippen LogP contribution >= 0.6 is 11.8 Å². The first kappa shape index (κ1) is 28.2. The van der Waals surface area contributed by atoms with Crippen molar-refractivity contribution in [3.63, 3.8) is 0 Å². The van der Waals surface area contributed by atoms with Crippen molar-refractivity contribution in [1.29, 1.82) is 0 Å². The Balaban J connectivity index is 1.56. The maximum absolute atomic E-state index is 13.1. The minimum absolute atomic E-state index is 0.0101. The zero-order valence-corrected chi connectivity index (χ0v) is 23.2. The van der Waals surface area contributed by atoms with Crippen molar-refractivity contribution in [2.45, 2.75) is 49.8 Å². The van der Waals surface area contributed by atoms with E-state index in [4.69, 9.17) is 0 Å². The molecule has 0 fully saturated rings. The number of aliphatic hydroxyl groups is 1. The maximum atomic E-state index is 13.1. The Morgan fingerprint density at radius 1 is 0.846 bits per heavy atom. The predicted octanol–water partition coefficient (Wildman–Crippen LogP) is 5.57. The number of benzene rings is 4. The molecule has 0 saturated heterocycles. The summed E-state index contributed by atoms with van der Waals surface area (Å²) < 4.78 is 0. The molecule has 4 rings (SSSR count). The monoisotopic (exact) mass is 542 g/mol. The number of aromatic hydroxyl groups is 1. The summed E-state index contributed by atoms with van der Waals surface area (Å²) in [5.74, 6) is -0.214. The molecule has 6 nitrogen and oxygen atoms in total. The van der Waals surface area contributed by atoms with Crippen molar-refractivity contribution in [2.24, 2.45) is 0 Å². The molecule has 4 N–H and O–H groups in total. The van der Waals surface area contributed by atoms with Crippen molar-refractivity contribution >= 4 is 34.3 Å². The van der Waals surface area contributed by atoms with E-state index < -0.39 is 23.6 Å². The number of phenolic OH excluding ortho intramolecular Hbond substituents is 1. The minimum atomic E-state index is -0.970. The summed E-state index contributed by atoms with van der Waals surface area (Å²) in [5, 5.41) is 29.4. The summed E-state index contributed by atoms with van der Waals surface area (Å²) in [7, 11) is 0. The van der Waals surface area contributed by atoms with Crippen LogP contribution in [0.1, 0.15) is 47.1 Å². The van der Waals surface area contributed by atoms with Crippen LogP contribution in [-0.2, 0) is 6.42 Å². The van der Waals surface area contributed by atoms with Gasteiger partial charge in [0.15, 0.2) is 0 Å². The Morgan fingerprint density at radius 3 is 2.31 bits per heavy atom. The van der Waals surface area contributed by atoms with Gasteiger partial charge in [0, 0.05) is 33.7 Å². The van der Waals surface area contributed by atoms with Gasteiger partial charge in [-0.2, -0.15) is 0 Å². The van der Waals surface area contributed by atoms with Gasteiger partial charge in [0.25, 0.3) is 11.8 Å². The summed E-state index contributed by atoms with van der Waals surface area (Å²) in [6, 6.07) is 26.9. The van der Waals surface area contributed by atoms with Crippen LogP contribution in [0.5, 0.6) is 5.75 Å². The lowest BCUT2D eigenvalue weighted by Gasteiger charge is -2.26. The highest BCUT2D eigenvalue weighted by molar-refractivity contribution is 7.99. The van der Waals surface area contributed by atoms with E-state index in [1.807, 2.05) is 51.1 Å². The topological polar surface area (TPSA) is 98.7 Å². The van der Waals surface area contributed by atoms with E-state index in [0.717, 1.165) is 15.7 Å².